The molecule has 1 aromatic heterocycles. The van der Waals surface area contributed by atoms with Crippen molar-refractivity contribution in [2.45, 2.75) is 25.9 Å². The van der Waals surface area contributed by atoms with E-state index in [1.165, 1.54) is 0 Å². The standard InChI is InChI=1S/C21H24N4O2/c26-19(23-14-17-7-4-9-22-12-17)18-11-21(18)8-10-25(15-21)20(27)24-13-16-5-2-1-3-6-16/h1-7,9,12,18H,8,10-11,13-15H2,(H,23,26)(H,24,27)/t18-,21+/m1/s1. The van der Waals surface area contributed by atoms with Gasteiger partial charge in [-0.05, 0) is 30.0 Å². The zero-order valence-electron chi connectivity index (χ0n) is 15.2. The molecule has 6 heteroatoms. The van der Waals surface area contributed by atoms with Crippen LogP contribution >= 0.6 is 0 Å². The number of rotatable bonds is 5. The van der Waals surface area contributed by atoms with Crippen LogP contribution in [0.25, 0.3) is 0 Å². The summed E-state index contributed by atoms with van der Waals surface area (Å²) in [4.78, 5) is 30.8. The number of aromatic nitrogens is 1. The second-order valence-electron chi connectivity index (χ2n) is 7.51. The van der Waals surface area contributed by atoms with Crippen LogP contribution in [0.3, 0.4) is 0 Å². The fraction of sp³-hybridized carbons (Fsp3) is 0.381. The number of urea groups is 1. The lowest BCUT2D eigenvalue weighted by molar-refractivity contribution is -0.123. The Balaban J connectivity index is 1.24. The van der Waals surface area contributed by atoms with Crippen LogP contribution in [0, 0.1) is 11.3 Å². The molecule has 3 amide bonds. The first-order valence-corrected chi connectivity index (χ1v) is 9.40. The number of hydrogen-bond donors (Lipinski definition) is 2. The molecule has 1 saturated carbocycles. The van der Waals surface area contributed by atoms with Crippen LogP contribution in [0.4, 0.5) is 4.79 Å². The summed E-state index contributed by atoms with van der Waals surface area (Å²) in [5, 5.41) is 5.98. The van der Waals surface area contributed by atoms with Gasteiger partial charge in [0.15, 0.2) is 0 Å². The molecule has 2 atom stereocenters. The molecule has 2 heterocycles. The third-order valence-corrected chi connectivity index (χ3v) is 5.65. The first-order valence-electron chi connectivity index (χ1n) is 9.40. The van der Waals surface area contributed by atoms with Crippen molar-refractivity contribution in [3.05, 3.63) is 66.0 Å². The third-order valence-electron chi connectivity index (χ3n) is 5.65. The van der Waals surface area contributed by atoms with E-state index in [0.717, 1.165) is 24.0 Å². The predicted octanol–water partition coefficient (Wildman–Crippen LogP) is 2.32. The van der Waals surface area contributed by atoms with Crippen molar-refractivity contribution in [1.29, 1.82) is 0 Å². The smallest absolute Gasteiger partial charge is 0.317 e. The van der Waals surface area contributed by atoms with E-state index in [0.29, 0.717) is 26.2 Å². The molecule has 0 unspecified atom stereocenters. The zero-order chi connectivity index (χ0) is 18.7. The van der Waals surface area contributed by atoms with Crippen LogP contribution < -0.4 is 10.6 Å². The first kappa shape index (κ1) is 17.5. The van der Waals surface area contributed by atoms with Crippen molar-refractivity contribution in [1.82, 2.24) is 20.5 Å². The van der Waals surface area contributed by atoms with E-state index in [4.69, 9.17) is 0 Å². The Hall–Kier alpha value is -2.89. The fourth-order valence-electron chi connectivity index (χ4n) is 3.94. The molecule has 0 bridgehead atoms. The summed E-state index contributed by atoms with van der Waals surface area (Å²) in [6.45, 7) is 2.41. The maximum atomic E-state index is 12.5. The molecule has 2 aliphatic rings. The summed E-state index contributed by atoms with van der Waals surface area (Å²) >= 11 is 0. The van der Waals surface area contributed by atoms with Gasteiger partial charge in [-0.25, -0.2) is 4.79 Å². The molecule has 140 valence electrons. The highest BCUT2D eigenvalue weighted by atomic mass is 16.2. The Kier molecular flexibility index (Phi) is 4.79. The van der Waals surface area contributed by atoms with E-state index in [-0.39, 0.29) is 23.3 Å². The highest BCUT2D eigenvalue weighted by Crippen LogP contribution is 2.58. The molecular weight excluding hydrogens is 340 g/mol. The first-order chi connectivity index (χ1) is 13.2. The van der Waals surface area contributed by atoms with Gasteiger partial charge in [0.25, 0.3) is 0 Å². The average Bonchev–Trinajstić information content (AvgIpc) is 3.25. The van der Waals surface area contributed by atoms with Crippen molar-refractivity contribution in [2.75, 3.05) is 13.1 Å². The van der Waals surface area contributed by atoms with Crippen molar-refractivity contribution in [2.24, 2.45) is 11.3 Å². The molecule has 1 aliphatic heterocycles. The summed E-state index contributed by atoms with van der Waals surface area (Å²) in [5.41, 5.74) is 2.05. The normalized spacial score (nSPS) is 23.3. The van der Waals surface area contributed by atoms with Crippen LogP contribution in [0.15, 0.2) is 54.9 Å². The maximum absolute atomic E-state index is 12.5. The Morgan fingerprint density at radius 3 is 2.63 bits per heavy atom. The molecular formula is C21H24N4O2. The number of carbonyl (C=O) groups excluding carboxylic acids is 2. The van der Waals surface area contributed by atoms with Crippen molar-refractivity contribution in [3.63, 3.8) is 0 Å². The van der Waals surface area contributed by atoms with Gasteiger partial charge in [-0.2, -0.15) is 0 Å². The van der Waals surface area contributed by atoms with E-state index in [2.05, 4.69) is 15.6 Å². The second kappa shape index (κ2) is 7.39. The van der Waals surface area contributed by atoms with Crippen LogP contribution in [-0.4, -0.2) is 34.9 Å². The molecule has 2 N–H and O–H groups in total. The summed E-state index contributed by atoms with van der Waals surface area (Å²) in [6, 6.07) is 13.6. The average molecular weight is 364 g/mol. The van der Waals surface area contributed by atoms with Gasteiger partial charge in [-0.3, -0.25) is 9.78 Å². The number of nitrogens with zero attached hydrogens (tertiary/aromatic N) is 2. The lowest BCUT2D eigenvalue weighted by Gasteiger charge is -2.17. The molecule has 1 spiro atoms. The Bertz CT molecular complexity index is 756. The molecule has 2 aromatic rings. The van der Waals surface area contributed by atoms with Gasteiger partial charge < -0.3 is 15.5 Å². The fourth-order valence-corrected chi connectivity index (χ4v) is 3.94. The minimum absolute atomic E-state index is 0.0149. The summed E-state index contributed by atoms with van der Waals surface area (Å²) in [7, 11) is 0. The van der Waals surface area contributed by atoms with Crippen LogP contribution in [0.5, 0.6) is 0 Å². The molecule has 6 nitrogen and oxygen atoms in total. The van der Waals surface area contributed by atoms with Gasteiger partial charge in [0.2, 0.25) is 5.91 Å². The van der Waals surface area contributed by atoms with E-state index >= 15 is 0 Å². The molecule has 1 aromatic carbocycles. The minimum Gasteiger partial charge on any atom is -0.352 e. The summed E-state index contributed by atoms with van der Waals surface area (Å²) in [5.74, 6) is 0.103. The number of benzene rings is 1. The largest absolute Gasteiger partial charge is 0.352 e. The molecule has 1 aliphatic carbocycles. The molecule has 2 fully saturated rings. The number of carbonyl (C=O) groups is 2. The van der Waals surface area contributed by atoms with Crippen LogP contribution in [0.2, 0.25) is 0 Å². The Morgan fingerprint density at radius 2 is 1.85 bits per heavy atom. The lowest BCUT2D eigenvalue weighted by Crippen LogP contribution is -2.38. The Labute approximate surface area is 159 Å². The van der Waals surface area contributed by atoms with Gasteiger partial charge in [0.05, 0.1) is 0 Å². The molecule has 1 saturated heterocycles. The SMILES string of the molecule is O=C(NCc1cccnc1)[C@H]1C[C@]12CCN(C(=O)NCc1ccccc1)C2. The number of hydrogen-bond acceptors (Lipinski definition) is 3. The third kappa shape index (κ3) is 3.94. The van der Waals surface area contributed by atoms with Crippen LogP contribution in [0.1, 0.15) is 24.0 Å². The molecule has 27 heavy (non-hydrogen) atoms. The lowest BCUT2D eigenvalue weighted by atomic mass is 10.0. The Morgan fingerprint density at radius 1 is 1.07 bits per heavy atom. The quantitative estimate of drug-likeness (QED) is 0.855. The number of likely N-dealkylation sites (tertiary alicyclic amines) is 1. The van der Waals surface area contributed by atoms with Crippen molar-refractivity contribution in [3.8, 4) is 0 Å². The van der Waals surface area contributed by atoms with Crippen molar-refractivity contribution >= 4 is 11.9 Å². The molecule has 0 radical (unpaired) electrons. The summed E-state index contributed by atoms with van der Waals surface area (Å²) < 4.78 is 0. The van der Waals surface area contributed by atoms with Crippen molar-refractivity contribution < 1.29 is 9.59 Å². The van der Waals surface area contributed by atoms with E-state index in [1.807, 2.05) is 47.4 Å². The van der Waals surface area contributed by atoms with E-state index in [1.54, 1.807) is 12.4 Å². The zero-order valence-corrected chi connectivity index (χ0v) is 15.2. The van der Waals surface area contributed by atoms with Gasteiger partial charge in [-0.15, -0.1) is 0 Å². The van der Waals surface area contributed by atoms with Crippen LogP contribution in [-0.2, 0) is 17.9 Å². The van der Waals surface area contributed by atoms with E-state index < -0.39 is 0 Å². The predicted molar refractivity (Wildman–Crippen MR) is 101 cm³/mol. The second-order valence-corrected chi connectivity index (χ2v) is 7.51. The van der Waals surface area contributed by atoms with Gasteiger partial charge in [0.1, 0.15) is 0 Å². The van der Waals surface area contributed by atoms with Gasteiger partial charge in [-0.1, -0.05) is 36.4 Å². The monoisotopic (exact) mass is 364 g/mol. The summed E-state index contributed by atoms with van der Waals surface area (Å²) in [6.07, 6.45) is 5.25. The number of amides is 3. The minimum atomic E-state index is -0.0443. The van der Waals surface area contributed by atoms with Gasteiger partial charge >= 0.3 is 6.03 Å². The highest BCUT2D eigenvalue weighted by Gasteiger charge is 2.61. The topological polar surface area (TPSA) is 74.3 Å². The van der Waals surface area contributed by atoms with E-state index in [9.17, 15) is 9.59 Å². The van der Waals surface area contributed by atoms with Gasteiger partial charge in [0, 0.05) is 49.9 Å². The number of pyridine rings is 1. The number of nitrogens with one attached hydrogen (secondary N) is 2. The molecule has 4 rings (SSSR count). The highest BCUT2D eigenvalue weighted by molar-refractivity contribution is 5.83. The maximum Gasteiger partial charge on any atom is 0.317 e.